The van der Waals surface area contributed by atoms with Crippen LogP contribution in [0.5, 0.6) is 0 Å². The molecule has 0 bridgehead atoms. The largest absolute Gasteiger partial charge is 0.379 e. The Kier molecular flexibility index (Phi) is 4.62. The summed E-state index contributed by atoms with van der Waals surface area (Å²) in [7, 11) is 0. The van der Waals surface area contributed by atoms with Crippen molar-refractivity contribution in [2.24, 2.45) is 0 Å². The molecule has 2 fully saturated rings. The number of carbonyl (C=O) groups excluding carboxylic acids is 1. The highest BCUT2D eigenvalue weighted by atomic mass is 16.5. The average Bonchev–Trinajstić information content (AvgIpc) is 3.35. The second-order valence-electron chi connectivity index (χ2n) is 6.36. The number of nitrogens with zero attached hydrogens (tertiary/aromatic N) is 5. The van der Waals surface area contributed by atoms with Gasteiger partial charge in [0.05, 0.1) is 31.3 Å². The molecule has 2 amide bonds. The van der Waals surface area contributed by atoms with Crippen molar-refractivity contribution < 1.29 is 9.53 Å². The minimum absolute atomic E-state index is 0.0495. The second kappa shape index (κ2) is 7.20. The molecule has 0 aliphatic carbocycles. The van der Waals surface area contributed by atoms with Crippen LogP contribution in [-0.4, -0.2) is 76.3 Å². The van der Waals surface area contributed by atoms with Crippen molar-refractivity contribution in [3.63, 3.8) is 0 Å². The quantitative estimate of drug-likeness (QED) is 0.907. The molecule has 2 saturated heterocycles. The van der Waals surface area contributed by atoms with Crippen molar-refractivity contribution in [3.8, 4) is 5.69 Å². The van der Waals surface area contributed by atoms with Crippen molar-refractivity contribution >= 4 is 11.7 Å². The number of likely N-dealkylation sites (tertiary alicyclic amines) is 1. The molecule has 25 heavy (non-hydrogen) atoms. The Morgan fingerprint density at radius 1 is 1.24 bits per heavy atom. The van der Waals surface area contributed by atoms with Gasteiger partial charge in [0.2, 0.25) is 0 Å². The van der Waals surface area contributed by atoms with E-state index in [9.17, 15) is 4.79 Å². The normalized spacial score (nSPS) is 21.4. The van der Waals surface area contributed by atoms with Crippen LogP contribution in [0.15, 0.2) is 36.7 Å². The molecule has 0 saturated carbocycles. The number of morpholine rings is 1. The van der Waals surface area contributed by atoms with Crippen molar-refractivity contribution in [3.05, 3.63) is 36.7 Å². The van der Waals surface area contributed by atoms with Gasteiger partial charge in [-0.3, -0.25) is 4.90 Å². The predicted octanol–water partition coefficient (Wildman–Crippen LogP) is 1.21. The Labute approximate surface area is 146 Å². The van der Waals surface area contributed by atoms with E-state index in [0.29, 0.717) is 6.04 Å². The third kappa shape index (κ3) is 3.64. The number of carbonyl (C=O) groups is 1. The predicted molar refractivity (Wildman–Crippen MR) is 92.7 cm³/mol. The van der Waals surface area contributed by atoms with Gasteiger partial charge in [0.15, 0.2) is 0 Å². The molecular weight excluding hydrogens is 320 g/mol. The zero-order chi connectivity index (χ0) is 17.1. The number of nitrogens with one attached hydrogen (secondary N) is 1. The standard InChI is InChI=1S/C17H22N6O2/c24-17(22-6-4-16(13-22)21-8-10-25-11-9-21)19-14-2-1-3-15(12-14)23-7-5-18-20-23/h1-3,5,7,12,16H,4,6,8-11,13H2,(H,19,24). The van der Waals surface area contributed by atoms with Crippen LogP contribution in [-0.2, 0) is 4.74 Å². The topological polar surface area (TPSA) is 75.5 Å². The monoisotopic (exact) mass is 342 g/mol. The Balaban J connectivity index is 1.37. The summed E-state index contributed by atoms with van der Waals surface area (Å²) >= 11 is 0. The lowest BCUT2D eigenvalue weighted by molar-refractivity contribution is 0.0192. The summed E-state index contributed by atoms with van der Waals surface area (Å²) in [4.78, 5) is 16.9. The molecule has 0 spiro atoms. The van der Waals surface area contributed by atoms with Crippen molar-refractivity contribution in [1.82, 2.24) is 24.8 Å². The number of urea groups is 1. The number of aromatic nitrogens is 3. The maximum Gasteiger partial charge on any atom is 0.321 e. The lowest BCUT2D eigenvalue weighted by Crippen LogP contribution is -2.45. The molecule has 8 nitrogen and oxygen atoms in total. The Bertz CT molecular complexity index is 714. The first-order valence-corrected chi connectivity index (χ1v) is 8.64. The molecular formula is C17H22N6O2. The summed E-state index contributed by atoms with van der Waals surface area (Å²) in [5.74, 6) is 0. The number of ether oxygens (including phenoxy) is 1. The number of amides is 2. The van der Waals surface area contributed by atoms with Crippen LogP contribution >= 0.6 is 0 Å². The number of hydrogen-bond donors (Lipinski definition) is 1. The fraction of sp³-hybridized carbons (Fsp3) is 0.471. The highest BCUT2D eigenvalue weighted by Gasteiger charge is 2.31. The minimum atomic E-state index is -0.0495. The van der Waals surface area contributed by atoms with Gasteiger partial charge in [0.1, 0.15) is 0 Å². The number of anilines is 1. The van der Waals surface area contributed by atoms with Crippen LogP contribution in [0.1, 0.15) is 6.42 Å². The third-order valence-electron chi connectivity index (χ3n) is 4.80. The number of benzene rings is 1. The number of hydrogen-bond acceptors (Lipinski definition) is 5. The first kappa shape index (κ1) is 16.0. The van der Waals surface area contributed by atoms with Gasteiger partial charge in [0.25, 0.3) is 0 Å². The molecule has 2 aromatic rings. The molecule has 1 unspecified atom stereocenters. The van der Waals surface area contributed by atoms with E-state index >= 15 is 0 Å². The lowest BCUT2D eigenvalue weighted by Gasteiger charge is -2.32. The summed E-state index contributed by atoms with van der Waals surface area (Å²) in [6.45, 7) is 5.06. The summed E-state index contributed by atoms with van der Waals surface area (Å²) in [6, 6.07) is 7.99. The van der Waals surface area contributed by atoms with Gasteiger partial charge in [-0.1, -0.05) is 11.3 Å². The van der Waals surface area contributed by atoms with Crippen LogP contribution in [0.4, 0.5) is 10.5 Å². The molecule has 4 rings (SSSR count). The summed E-state index contributed by atoms with van der Waals surface area (Å²) < 4.78 is 7.07. The molecule has 0 radical (unpaired) electrons. The van der Waals surface area contributed by atoms with E-state index in [0.717, 1.165) is 57.2 Å². The molecule has 8 heteroatoms. The number of rotatable bonds is 3. The molecule has 3 heterocycles. The van der Waals surface area contributed by atoms with E-state index < -0.39 is 0 Å². The average molecular weight is 342 g/mol. The maximum absolute atomic E-state index is 12.6. The Morgan fingerprint density at radius 2 is 2.12 bits per heavy atom. The zero-order valence-corrected chi connectivity index (χ0v) is 14.0. The molecule has 1 N–H and O–H groups in total. The van der Waals surface area contributed by atoms with E-state index in [1.807, 2.05) is 29.2 Å². The lowest BCUT2D eigenvalue weighted by atomic mass is 10.2. The van der Waals surface area contributed by atoms with Gasteiger partial charge in [-0.2, -0.15) is 0 Å². The highest BCUT2D eigenvalue weighted by Crippen LogP contribution is 2.19. The van der Waals surface area contributed by atoms with Crippen LogP contribution in [0, 0.1) is 0 Å². The third-order valence-corrected chi connectivity index (χ3v) is 4.80. The summed E-state index contributed by atoms with van der Waals surface area (Å²) in [6.07, 6.45) is 4.42. The van der Waals surface area contributed by atoms with E-state index in [1.54, 1.807) is 17.1 Å². The van der Waals surface area contributed by atoms with E-state index in [-0.39, 0.29) is 6.03 Å². The first-order chi connectivity index (χ1) is 12.3. The van der Waals surface area contributed by atoms with Gasteiger partial charge in [-0.25, -0.2) is 9.48 Å². The Hall–Kier alpha value is -2.45. The summed E-state index contributed by atoms with van der Waals surface area (Å²) in [5.41, 5.74) is 1.62. The van der Waals surface area contributed by atoms with Crippen molar-refractivity contribution in [1.29, 1.82) is 0 Å². The van der Waals surface area contributed by atoms with Gasteiger partial charge < -0.3 is 15.0 Å². The maximum atomic E-state index is 12.6. The molecule has 2 aliphatic heterocycles. The van der Waals surface area contributed by atoms with E-state index in [1.165, 1.54) is 0 Å². The zero-order valence-electron chi connectivity index (χ0n) is 14.0. The van der Waals surface area contributed by atoms with Gasteiger partial charge in [-0.15, -0.1) is 5.10 Å². The van der Waals surface area contributed by atoms with Crippen LogP contribution in [0.25, 0.3) is 5.69 Å². The molecule has 132 valence electrons. The smallest absolute Gasteiger partial charge is 0.321 e. The van der Waals surface area contributed by atoms with Gasteiger partial charge in [0, 0.05) is 37.9 Å². The van der Waals surface area contributed by atoms with Gasteiger partial charge in [-0.05, 0) is 24.6 Å². The van der Waals surface area contributed by atoms with Crippen molar-refractivity contribution in [2.75, 3.05) is 44.7 Å². The molecule has 1 aromatic carbocycles. The van der Waals surface area contributed by atoms with Crippen molar-refractivity contribution in [2.45, 2.75) is 12.5 Å². The highest BCUT2D eigenvalue weighted by molar-refractivity contribution is 5.89. The van der Waals surface area contributed by atoms with Gasteiger partial charge >= 0.3 is 6.03 Å². The summed E-state index contributed by atoms with van der Waals surface area (Å²) in [5, 5.41) is 10.8. The van der Waals surface area contributed by atoms with E-state index in [4.69, 9.17) is 4.74 Å². The second-order valence-corrected chi connectivity index (χ2v) is 6.36. The molecule has 1 atom stereocenters. The minimum Gasteiger partial charge on any atom is -0.379 e. The first-order valence-electron chi connectivity index (χ1n) is 8.64. The Morgan fingerprint density at radius 3 is 2.92 bits per heavy atom. The SMILES string of the molecule is O=C(Nc1cccc(-n2ccnn2)c1)N1CCC(N2CCOCC2)C1. The fourth-order valence-electron chi connectivity index (χ4n) is 3.44. The van der Waals surface area contributed by atoms with Crippen LogP contribution in [0.3, 0.4) is 0 Å². The fourth-order valence-corrected chi connectivity index (χ4v) is 3.44. The van der Waals surface area contributed by atoms with E-state index in [2.05, 4.69) is 20.5 Å². The van der Waals surface area contributed by atoms with Crippen LogP contribution < -0.4 is 5.32 Å². The van der Waals surface area contributed by atoms with Crippen LogP contribution in [0.2, 0.25) is 0 Å². The molecule has 1 aromatic heterocycles. The molecule has 2 aliphatic rings.